The lowest BCUT2D eigenvalue weighted by Crippen LogP contribution is -2.71. The Labute approximate surface area is 226 Å². The second kappa shape index (κ2) is 14.5. The molecule has 17 heteroatoms. The molecule has 0 aromatic carbocycles. The standard InChI is InChI=1S/C14H13N5O5S2.C6H14N2O2.ClH/c1-2-5-3-25-12-8(11(21)19(12)9(5)13(22)23)17-10(20)7(18-24)6-4-26-14(15)16-6;7-4-2-1-3-5(8)6(9)10;/h2,4,8,12,24H,1,3H2,(H2,15,16)(H,17,20)(H,22,23);5H,1-4,7-8H2,(H,9,10);1H/b18-7-;;/t8-,12-;;/m1../s1. The summed E-state index contributed by atoms with van der Waals surface area (Å²) in [6.07, 6.45) is 3.56. The summed E-state index contributed by atoms with van der Waals surface area (Å²) in [5.41, 5.74) is 15.9. The number of nitrogens with one attached hydrogen (secondary N) is 1. The van der Waals surface area contributed by atoms with Crippen LogP contribution in [-0.2, 0) is 19.2 Å². The number of carbonyl (C=O) groups is 4. The number of hydrogen-bond donors (Lipinski definition) is 7. The maximum atomic E-state index is 12.4. The number of nitrogen functional groups attached to an aromatic ring is 1. The summed E-state index contributed by atoms with van der Waals surface area (Å²) in [7, 11) is 0. The van der Waals surface area contributed by atoms with Crippen molar-refractivity contribution in [3.63, 3.8) is 0 Å². The van der Waals surface area contributed by atoms with Gasteiger partial charge in [-0.05, 0) is 25.0 Å². The Morgan fingerprint density at radius 3 is 2.51 bits per heavy atom. The summed E-state index contributed by atoms with van der Waals surface area (Å²) in [4.78, 5) is 51.3. The number of allylic oxidation sites excluding steroid dienone is 1. The highest BCUT2D eigenvalue weighted by atomic mass is 35.5. The average Bonchev–Trinajstić information content (AvgIpc) is 3.27. The maximum absolute atomic E-state index is 12.4. The zero-order chi connectivity index (χ0) is 27.0. The fourth-order valence-corrected chi connectivity index (χ4v) is 5.14. The summed E-state index contributed by atoms with van der Waals surface area (Å²) in [5, 5.41) is 33.2. The van der Waals surface area contributed by atoms with Crippen molar-refractivity contribution < 1.29 is 34.6 Å². The number of unbranched alkanes of at least 4 members (excludes halogenated alkanes) is 1. The number of hydrogen-bond acceptors (Lipinski definition) is 12. The molecule has 1 aromatic heterocycles. The zero-order valence-corrected chi connectivity index (χ0v) is 21.9. The Balaban J connectivity index is 0.000000533. The normalized spacial score (nSPS) is 19.4. The molecule has 1 unspecified atom stereocenters. The number of thiazole rings is 1. The Hall–Kier alpha value is -3.18. The van der Waals surface area contributed by atoms with Gasteiger partial charge >= 0.3 is 11.9 Å². The van der Waals surface area contributed by atoms with Crippen molar-refractivity contribution in [2.75, 3.05) is 18.0 Å². The Morgan fingerprint density at radius 1 is 1.35 bits per heavy atom. The molecule has 10 N–H and O–H groups in total. The Bertz CT molecular complexity index is 1090. The average molecular weight is 578 g/mol. The lowest BCUT2D eigenvalue weighted by atomic mass is 10.0. The van der Waals surface area contributed by atoms with Crippen LogP contribution in [0.3, 0.4) is 0 Å². The SMILES string of the molecule is C=CC1=C(C(=O)O)N2C(=O)[C@@H](NC(=O)/C(=N\O)c3csc(N)n3)[C@H]2SC1.Cl.NCCCCC(N)C(=O)O. The van der Waals surface area contributed by atoms with Crippen LogP contribution in [0.4, 0.5) is 5.13 Å². The van der Waals surface area contributed by atoms with Crippen LogP contribution in [0.1, 0.15) is 25.0 Å². The van der Waals surface area contributed by atoms with Gasteiger partial charge in [0.2, 0.25) is 0 Å². The third-order valence-electron chi connectivity index (χ3n) is 5.10. The molecule has 0 radical (unpaired) electrons. The number of nitrogens with two attached hydrogens (primary N) is 3. The number of halogens is 1. The van der Waals surface area contributed by atoms with Gasteiger partial charge in [0.1, 0.15) is 28.8 Å². The molecule has 3 rings (SSSR count). The second-order valence-corrected chi connectivity index (χ2v) is 9.49. The van der Waals surface area contributed by atoms with Crippen molar-refractivity contribution in [2.45, 2.75) is 36.7 Å². The summed E-state index contributed by atoms with van der Waals surface area (Å²) in [6.45, 7) is 4.16. The van der Waals surface area contributed by atoms with Gasteiger partial charge in [0, 0.05) is 11.1 Å². The summed E-state index contributed by atoms with van der Waals surface area (Å²) < 4.78 is 0. The molecule has 1 aromatic rings. The van der Waals surface area contributed by atoms with Crippen LogP contribution in [0.5, 0.6) is 0 Å². The predicted octanol–water partition coefficient (Wildman–Crippen LogP) is -0.223. The van der Waals surface area contributed by atoms with Crippen LogP contribution in [0.15, 0.2) is 34.5 Å². The molecule has 3 atom stereocenters. The van der Waals surface area contributed by atoms with Gasteiger partial charge in [0.25, 0.3) is 11.8 Å². The lowest BCUT2D eigenvalue weighted by molar-refractivity contribution is -0.150. The molecule has 37 heavy (non-hydrogen) atoms. The van der Waals surface area contributed by atoms with Crippen molar-refractivity contribution in [3.05, 3.63) is 35.0 Å². The number of fused-ring (bicyclic) bond motifs is 1. The molecule has 2 aliphatic rings. The number of carboxylic acid groups (broad SMARTS) is 2. The molecule has 0 spiro atoms. The van der Waals surface area contributed by atoms with Crippen molar-refractivity contribution in [1.29, 1.82) is 0 Å². The van der Waals surface area contributed by atoms with E-state index in [9.17, 15) is 24.3 Å². The number of anilines is 1. The van der Waals surface area contributed by atoms with Crippen LogP contribution >= 0.6 is 35.5 Å². The number of β-lactam (4-membered cyclic amide) rings is 1. The molecule has 3 heterocycles. The van der Waals surface area contributed by atoms with Gasteiger partial charge in [-0.1, -0.05) is 24.2 Å². The number of carboxylic acids is 2. The Kier molecular flexibility index (Phi) is 12.5. The number of thioether (sulfide) groups is 1. The van der Waals surface area contributed by atoms with E-state index in [1.165, 1.54) is 23.2 Å². The monoisotopic (exact) mass is 577 g/mol. The first-order valence-corrected chi connectivity index (χ1v) is 12.5. The smallest absolute Gasteiger partial charge is 0.352 e. The topological polar surface area (TPSA) is 248 Å². The number of amides is 2. The molecule has 0 bridgehead atoms. The molecule has 0 aliphatic carbocycles. The molecule has 204 valence electrons. The van der Waals surface area contributed by atoms with Gasteiger partial charge < -0.3 is 37.9 Å². The van der Waals surface area contributed by atoms with Gasteiger partial charge in [0.05, 0.1) is 0 Å². The second-order valence-electron chi connectivity index (χ2n) is 7.49. The number of oxime groups is 1. The van der Waals surface area contributed by atoms with E-state index in [0.29, 0.717) is 24.3 Å². The fraction of sp³-hybridized carbons (Fsp3) is 0.400. The minimum atomic E-state index is -1.24. The minimum Gasteiger partial charge on any atom is -0.480 e. The first kappa shape index (κ1) is 31.8. The van der Waals surface area contributed by atoms with Gasteiger partial charge in [0.15, 0.2) is 10.8 Å². The largest absolute Gasteiger partial charge is 0.480 e. The summed E-state index contributed by atoms with van der Waals surface area (Å²) in [6, 6.07) is -1.66. The van der Waals surface area contributed by atoms with E-state index >= 15 is 0 Å². The highest BCUT2D eigenvalue weighted by molar-refractivity contribution is 8.00. The fourth-order valence-electron chi connectivity index (χ4n) is 3.25. The van der Waals surface area contributed by atoms with Crippen LogP contribution < -0.4 is 22.5 Å². The molecule has 14 nitrogen and oxygen atoms in total. The summed E-state index contributed by atoms with van der Waals surface area (Å²) in [5.74, 6) is -3.21. The van der Waals surface area contributed by atoms with E-state index < -0.39 is 41.2 Å². The van der Waals surface area contributed by atoms with E-state index in [-0.39, 0.29) is 34.6 Å². The molecule has 0 saturated carbocycles. The maximum Gasteiger partial charge on any atom is 0.352 e. The molecular formula is C20H28ClN7O7S2. The van der Waals surface area contributed by atoms with Crippen LogP contribution in [0, 0.1) is 0 Å². The van der Waals surface area contributed by atoms with Crippen molar-refractivity contribution in [3.8, 4) is 0 Å². The van der Waals surface area contributed by atoms with E-state index in [0.717, 1.165) is 29.1 Å². The molecule has 2 aliphatic heterocycles. The van der Waals surface area contributed by atoms with E-state index in [2.05, 4.69) is 22.0 Å². The van der Waals surface area contributed by atoms with E-state index in [4.69, 9.17) is 27.5 Å². The number of rotatable bonds is 10. The minimum absolute atomic E-state index is 0. The first-order valence-electron chi connectivity index (χ1n) is 10.5. The van der Waals surface area contributed by atoms with Crippen LogP contribution in [0.25, 0.3) is 0 Å². The zero-order valence-electron chi connectivity index (χ0n) is 19.4. The van der Waals surface area contributed by atoms with Crippen molar-refractivity contribution in [1.82, 2.24) is 15.2 Å². The van der Waals surface area contributed by atoms with E-state index in [1.54, 1.807) is 0 Å². The number of aliphatic carboxylic acids is 2. The molecular weight excluding hydrogens is 550 g/mol. The highest BCUT2D eigenvalue weighted by Crippen LogP contribution is 2.40. The number of nitrogens with zero attached hydrogens (tertiary/aromatic N) is 3. The first-order chi connectivity index (χ1) is 17.1. The van der Waals surface area contributed by atoms with Crippen molar-refractivity contribution >= 4 is 70.1 Å². The van der Waals surface area contributed by atoms with Gasteiger partial charge in [-0.25, -0.2) is 9.78 Å². The van der Waals surface area contributed by atoms with E-state index in [1.807, 2.05) is 0 Å². The Morgan fingerprint density at radius 2 is 2.03 bits per heavy atom. The molecule has 2 amide bonds. The highest BCUT2D eigenvalue weighted by Gasteiger charge is 2.54. The predicted molar refractivity (Wildman–Crippen MR) is 140 cm³/mol. The van der Waals surface area contributed by atoms with Gasteiger partial charge in [-0.2, -0.15) is 0 Å². The molecule has 1 saturated heterocycles. The number of aromatic nitrogens is 1. The quantitative estimate of drug-likeness (QED) is 0.0626. The third kappa shape index (κ3) is 7.65. The van der Waals surface area contributed by atoms with Gasteiger partial charge in [-0.3, -0.25) is 19.3 Å². The molecule has 1 fully saturated rings. The van der Waals surface area contributed by atoms with Crippen LogP contribution in [-0.4, -0.2) is 84.5 Å². The number of carbonyl (C=O) groups excluding carboxylic acids is 2. The lowest BCUT2D eigenvalue weighted by Gasteiger charge is -2.49. The third-order valence-corrected chi connectivity index (χ3v) is 7.08. The van der Waals surface area contributed by atoms with Crippen molar-refractivity contribution in [2.24, 2.45) is 16.6 Å². The van der Waals surface area contributed by atoms with Gasteiger partial charge in [-0.15, -0.1) is 35.5 Å². The van der Waals surface area contributed by atoms with Crippen LogP contribution in [0.2, 0.25) is 0 Å². The summed E-state index contributed by atoms with van der Waals surface area (Å²) >= 11 is 2.37.